The minimum atomic E-state index is -0.332. The molecule has 0 aliphatic rings. The van der Waals surface area contributed by atoms with Gasteiger partial charge in [-0.15, -0.1) is 0 Å². The van der Waals surface area contributed by atoms with E-state index in [1.54, 1.807) is 23.5 Å². The predicted octanol–water partition coefficient (Wildman–Crippen LogP) is 9.77. The molecule has 0 aliphatic carbocycles. The number of ether oxygens (including phenoxy) is 1. The van der Waals surface area contributed by atoms with Crippen molar-refractivity contribution in [3.63, 3.8) is 0 Å². The summed E-state index contributed by atoms with van der Waals surface area (Å²) in [6, 6.07) is 12.9. The van der Waals surface area contributed by atoms with Gasteiger partial charge in [-0.05, 0) is 31.5 Å². The number of para-hydroxylation sites is 1. The lowest BCUT2D eigenvalue weighted by Crippen LogP contribution is -2.31. The van der Waals surface area contributed by atoms with Crippen LogP contribution in [-0.4, -0.2) is 12.6 Å². The van der Waals surface area contributed by atoms with Crippen molar-refractivity contribution in [2.75, 3.05) is 17.2 Å². The van der Waals surface area contributed by atoms with E-state index in [0.29, 0.717) is 23.9 Å². The molecule has 212 valence electrons. The molecule has 7 heteroatoms. The van der Waals surface area contributed by atoms with E-state index >= 15 is 0 Å². The van der Waals surface area contributed by atoms with Crippen LogP contribution in [0.2, 0.25) is 5.02 Å². The molecular weight excluding hydrogens is 526 g/mol. The largest absolute Gasteiger partial charge is 0.494 e. The second-order valence-corrected chi connectivity index (χ2v) is 11.7. The van der Waals surface area contributed by atoms with Crippen molar-refractivity contribution >= 4 is 40.3 Å². The number of rotatable bonds is 18. The van der Waals surface area contributed by atoms with Crippen molar-refractivity contribution < 1.29 is 14.1 Å². The summed E-state index contributed by atoms with van der Waals surface area (Å²) >= 11 is 8.15. The maximum atomic E-state index is 12.7. The summed E-state index contributed by atoms with van der Waals surface area (Å²) in [5.41, 5.74) is 4.42. The van der Waals surface area contributed by atoms with E-state index in [4.69, 9.17) is 16.3 Å². The molecule has 0 saturated carbocycles. The highest BCUT2D eigenvalue weighted by Crippen LogP contribution is 2.27. The Kier molecular flexibility index (Phi) is 14.2. The van der Waals surface area contributed by atoms with Gasteiger partial charge in [0, 0.05) is 11.6 Å². The Bertz CT molecular complexity index is 1130. The molecule has 2 aromatic carbocycles. The summed E-state index contributed by atoms with van der Waals surface area (Å²) in [7, 11) is 0. The number of aryl methyl sites for hydroxylation is 1. The zero-order valence-electron chi connectivity index (χ0n) is 23.6. The monoisotopic (exact) mass is 570 g/mol. The SMILES string of the molecule is CCCCCCCCCCCCCCOc1ccc(NC(=O)Nc2ccccc2C[n+]2csc(C)c2)c(Cl)c1. The molecule has 3 rings (SSSR count). The van der Waals surface area contributed by atoms with Crippen LogP contribution in [0.1, 0.15) is 94.4 Å². The van der Waals surface area contributed by atoms with Crippen molar-refractivity contribution in [3.05, 3.63) is 69.6 Å². The summed E-state index contributed by atoms with van der Waals surface area (Å²) in [4.78, 5) is 14.0. The van der Waals surface area contributed by atoms with E-state index in [9.17, 15) is 4.79 Å². The van der Waals surface area contributed by atoms with Crippen molar-refractivity contribution in [1.29, 1.82) is 0 Å². The Morgan fingerprint density at radius 2 is 1.51 bits per heavy atom. The third-order valence-electron chi connectivity index (χ3n) is 6.80. The fourth-order valence-electron chi connectivity index (χ4n) is 4.60. The topological polar surface area (TPSA) is 54.2 Å². The van der Waals surface area contributed by atoms with Gasteiger partial charge >= 0.3 is 6.03 Å². The lowest BCUT2D eigenvalue weighted by atomic mass is 10.1. The summed E-state index contributed by atoms with van der Waals surface area (Å²) in [5.74, 6) is 0.724. The van der Waals surface area contributed by atoms with Crippen LogP contribution in [0.4, 0.5) is 16.2 Å². The number of hydrogen-bond donors (Lipinski definition) is 2. The van der Waals surface area contributed by atoms with Crippen molar-refractivity contribution in [2.45, 2.75) is 97.4 Å². The number of anilines is 2. The molecule has 1 aromatic heterocycles. The molecule has 1 heterocycles. The number of aromatic nitrogens is 1. The minimum absolute atomic E-state index is 0.332. The highest BCUT2D eigenvalue weighted by molar-refractivity contribution is 7.09. The first kappa shape index (κ1) is 31.0. The number of unbranched alkanes of at least 4 members (excludes halogenated alkanes) is 11. The van der Waals surface area contributed by atoms with Crippen molar-refractivity contribution in [1.82, 2.24) is 0 Å². The highest BCUT2D eigenvalue weighted by Gasteiger charge is 2.13. The summed E-state index contributed by atoms with van der Waals surface area (Å²) in [6.45, 7) is 5.72. The molecule has 5 nitrogen and oxygen atoms in total. The normalized spacial score (nSPS) is 10.9. The molecule has 0 bridgehead atoms. The molecule has 39 heavy (non-hydrogen) atoms. The fraction of sp³-hybridized carbons (Fsp3) is 0.500. The van der Waals surface area contributed by atoms with Gasteiger partial charge in [0.05, 0.1) is 27.9 Å². The highest BCUT2D eigenvalue weighted by atomic mass is 35.5. The second-order valence-electron chi connectivity index (χ2n) is 10.3. The first-order valence-corrected chi connectivity index (χ1v) is 15.8. The molecule has 0 saturated heterocycles. The van der Waals surface area contributed by atoms with Crippen LogP contribution >= 0.6 is 22.9 Å². The number of hydrogen-bond acceptors (Lipinski definition) is 3. The number of urea groups is 1. The zero-order chi connectivity index (χ0) is 27.7. The summed E-state index contributed by atoms with van der Waals surface area (Å²) < 4.78 is 8.01. The lowest BCUT2D eigenvalue weighted by molar-refractivity contribution is -0.683. The Morgan fingerprint density at radius 3 is 2.15 bits per heavy atom. The fourth-order valence-corrected chi connectivity index (χ4v) is 5.45. The van der Waals surface area contributed by atoms with Gasteiger partial charge in [-0.1, -0.05) is 119 Å². The quantitative estimate of drug-likeness (QED) is 0.118. The van der Waals surface area contributed by atoms with E-state index in [0.717, 1.165) is 23.4 Å². The van der Waals surface area contributed by atoms with Gasteiger partial charge < -0.3 is 15.4 Å². The number of benzene rings is 2. The smallest absolute Gasteiger partial charge is 0.323 e. The molecule has 3 aromatic rings. The Morgan fingerprint density at radius 1 is 0.872 bits per heavy atom. The Hall–Kier alpha value is -2.57. The zero-order valence-corrected chi connectivity index (χ0v) is 25.2. The molecule has 2 N–H and O–H groups in total. The van der Waals surface area contributed by atoms with Crippen LogP contribution in [-0.2, 0) is 6.54 Å². The molecule has 0 aliphatic heterocycles. The van der Waals surface area contributed by atoms with E-state index in [-0.39, 0.29) is 6.03 Å². The number of carbonyl (C=O) groups is 1. The number of carbonyl (C=O) groups excluding carboxylic acids is 1. The van der Waals surface area contributed by atoms with Crippen LogP contribution in [0.15, 0.2) is 54.2 Å². The van der Waals surface area contributed by atoms with Crippen LogP contribution < -0.4 is 19.9 Å². The number of thiazole rings is 1. The van der Waals surface area contributed by atoms with Gasteiger partial charge in [-0.2, -0.15) is 4.57 Å². The number of halogens is 1. The maximum absolute atomic E-state index is 12.7. The first-order valence-electron chi connectivity index (χ1n) is 14.6. The van der Waals surface area contributed by atoms with Crippen LogP contribution in [0.25, 0.3) is 0 Å². The van der Waals surface area contributed by atoms with Gasteiger partial charge in [-0.3, -0.25) is 0 Å². The van der Waals surface area contributed by atoms with E-state index in [2.05, 4.69) is 40.8 Å². The Balaban J connectivity index is 1.32. The molecule has 0 atom stereocenters. The number of amides is 2. The maximum Gasteiger partial charge on any atom is 0.323 e. The van der Waals surface area contributed by atoms with Crippen LogP contribution in [0.5, 0.6) is 5.75 Å². The number of nitrogens with zero attached hydrogens (tertiary/aromatic N) is 1. The molecule has 0 fully saturated rings. The Labute approximate surface area is 243 Å². The van der Waals surface area contributed by atoms with Crippen LogP contribution in [0, 0.1) is 6.92 Å². The summed E-state index contributed by atoms with van der Waals surface area (Å²) in [6.07, 6.45) is 18.0. The van der Waals surface area contributed by atoms with E-state index in [1.165, 1.54) is 75.5 Å². The van der Waals surface area contributed by atoms with Crippen molar-refractivity contribution in [2.24, 2.45) is 0 Å². The molecule has 0 radical (unpaired) electrons. The minimum Gasteiger partial charge on any atom is -0.494 e. The first-order chi connectivity index (χ1) is 19.0. The van der Waals surface area contributed by atoms with Crippen LogP contribution in [0.3, 0.4) is 0 Å². The standard InChI is InChI=1S/C32H44ClN3O2S/c1-3-4-5-6-7-8-9-10-11-12-13-16-21-38-28-19-20-31(29(33)22-28)35-32(37)34-30-18-15-14-17-27(30)24-36-23-26(2)39-25-36/h14-15,17-20,22-23,25H,3-13,16,21,24H2,1-2H3,(H-,34,35,37)/p+1. The number of nitrogens with one attached hydrogen (secondary N) is 2. The summed E-state index contributed by atoms with van der Waals surface area (Å²) in [5, 5.41) is 6.27. The van der Waals surface area contributed by atoms with Gasteiger partial charge in [0.1, 0.15) is 5.75 Å². The predicted molar refractivity (Wildman–Crippen MR) is 165 cm³/mol. The average molecular weight is 571 g/mol. The average Bonchev–Trinajstić information content (AvgIpc) is 3.33. The third kappa shape index (κ3) is 12.0. The second kappa shape index (κ2) is 17.9. The van der Waals surface area contributed by atoms with Gasteiger partial charge in [0.2, 0.25) is 5.51 Å². The molecule has 0 unspecified atom stereocenters. The molecular formula is C32H45ClN3O2S+. The molecule has 0 spiro atoms. The van der Waals surface area contributed by atoms with Gasteiger partial charge in [0.15, 0.2) is 12.7 Å². The third-order valence-corrected chi connectivity index (χ3v) is 7.96. The van der Waals surface area contributed by atoms with E-state index < -0.39 is 0 Å². The van der Waals surface area contributed by atoms with E-state index in [1.807, 2.05) is 30.3 Å². The lowest BCUT2D eigenvalue weighted by Gasteiger charge is -2.12. The van der Waals surface area contributed by atoms with Gasteiger partial charge in [0.25, 0.3) is 0 Å². The van der Waals surface area contributed by atoms with Crippen molar-refractivity contribution in [3.8, 4) is 5.75 Å². The van der Waals surface area contributed by atoms with Gasteiger partial charge in [-0.25, -0.2) is 4.79 Å². The molecule has 2 amide bonds.